The van der Waals surface area contributed by atoms with Crippen molar-refractivity contribution < 1.29 is 4.39 Å². The highest BCUT2D eigenvalue weighted by Gasteiger charge is 2.17. The summed E-state index contributed by atoms with van der Waals surface area (Å²) in [6.07, 6.45) is 2.35. The molecule has 0 aliphatic carbocycles. The second-order valence-corrected chi connectivity index (χ2v) is 5.72. The lowest BCUT2D eigenvalue weighted by molar-refractivity contribution is 0.632. The van der Waals surface area contributed by atoms with E-state index in [1.165, 1.54) is 24.4 Å². The molecule has 0 N–H and O–H groups in total. The first-order chi connectivity index (χ1) is 10.9. The van der Waals surface area contributed by atoms with Gasteiger partial charge >= 0.3 is 0 Å². The molecule has 0 fully saturated rings. The number of hydrogen-bond donors (Lipinski definition) is 0. The van der Waals surface area contributed by atoms with Crippen LogP contribution in [0.2, 0.25) is 10.0 Å². The zero-order valence-corrected chi connectivity index (χ0v) is 13.3. The Morgan fingerprint density at radius 1 is 1.22 bits per heavy atom. The molecule has 23 heavy (non-hydrogen) atoms. The molecule has 0 saturated heterocycles. The number of halogens is 3. The number of nitriles is 1. The van der Waals surface area contributed by atoms with Crippen molar-refractivity contribution in [1.29, 1.82) is 5.26 Å². The molecule has 2 heterocycles. The minimum Gasteiger partial charge on any atom is -0.309 e. The fourth-order valence-corrected chi connectivity index (χ4v) is 3.15. The molecule has 4 nitrogen and oxygen atoms in total. The SMILES string of the molecule is Cc1cc(=O)c2c(F)cncc2n1-c1c(Cl)cc(C#N)cc1Cl. The number of benzene rings is 1. The number of aromatic nitrogens is 2. The summed E-state index contributed by atoms with van der Waals surface area (Å²) in [6, 6.07) is 6.17. The molecule has 1 aromatic carbocycles. The zero-order chi connectivity index (χ0) is 16.7. The Hall–Kier alpha value is -2.42. The summed E-state index contributed by atoms with van der Waals surface area (Å²) in [5.41, 5.74) is 0.986. The molecular weight excluding hydrogens is 340 g/mol. The highest BCUT2D eigenvalue weighted by molar-refractivity contribution is 6.38. The lowest BCUT2D eigenvalue weighted by Crippen LogP contribution is -2.13. The first-order valence-corrected chi connectivity index (χ1v) is 7.25. The molecule has 0 atom stereocenters. The third-order valence-electron chi connectivity index (χ3n) is 3.43. The standard InChI is InChI=1S/C16H8Cl2FN3O/c1-8-2-14(23)15-12(19)6-21-7-13(15)22(8)16-10(17)3-9(5-20)4-11(16)18/h2-4,6-7H,1H3. The molecule has 0 aliphatic heterocycles. The second-order valence-electron chi connectivity index (χ2n) is 4.90. The van der Waals surface area contributed by atoms with E-state index in [0.29, 0.717) is 16.9 Å². The van der Waals surface area contributed by atoms with Crippen molar-refractivity contribution in [2.45, 2.75) is 6.92 Å². The largest absolute Gasteiger partial charge is 0.309 e. The molecule has 0 unspecified atom stereocenters. The Bertz CT molecular complexity index is 1030. The van der Waals surface area contributed by atoms with Crippen LogP contribution in [0, 0.1) is 24.1 Å². The van der Waals surface area contributed by atoms with Crippen molar-refractivity contribution in [1.82, 2.24) is 9.55 Å². The summed E-state index contributed by atoms with van der Waals surface area (Å²) >= 11 is 12.5. The molecule has 0 amide bonds. The first kappa shape index (κ1) is 15.5. The van der Waals surface area contributed by atoms with E-state index in [-0.39, 0.29) is 20.9 Å². The van der Waals surface area contributed by atoms with Crippen LogP contribution in [0.25, 0.3) is 16.6 Å². The van der Waals surface area contributed by atoms with E-state index in [2.05, 4.69) is 4.98 Å². The van der Waals surface area contributed by atoms with E-state index in [0.717, 1.165) is 6.20 Å². The van der Waals surface area contributed by atoms with E-state index in [1.807, 2.05) is 6.07 Å². The monoisotopic (exact) mass is 347 g/mol. The van der Waals surface area contributed by atoms with Gasteiger partial charge in [-0.1, -0.05) is 23.2 Å². The fourth-order valence-electron chi connectivity index (χ4n) is 2.50. The van der Waals surface area contributed by atoms with E-state index in [4.69, 9.17) is 28.5 Å². The number of aryl methyl sites for hydroxylation is 1. The summed E-state index contributed by atoms with van der Waals surface area (Å²) < 4.78 is 15.6. The van der Waals surface area contributed by atoms with Crippen molar-refractivity contribution in [2.24, 2.45) is 0 Å². The van der Waals surface area contributed by atoms with E-state index in [9.17, 15) is 9.18 Å². The maximum absolute atomic E-state index is 14.0. The average molecular weight is 348 g/mol. The Morgan fingerprint density at radius 2 is 1.87 bits per heavy atom. The normalized spacial score (nSPS) is 10.7. The van der Waals surface area contributed by atoms with Crippen molar-refractivity contribution >= 4 is 34.1 Å². The van der Waals surface area contributed by atoms with Gasteiger partial charge in [0.05, 0.1) is 50.7 Å². The molecule has 7 heteroatoms. The third-order valence-corrected chi connectivity index (χ3v) is 4.01. The number of pyridine rings is 2. The van der Waals surface area contributed by atoms with Gasteiger partial charge in [-0.2, -0.15) is 5.26 Å². The van der Waals surface area contributed by atoms with Gasteiger partial charge in [0.15, 0.2) is 11.2 Å². The summed E-state index contributed by atoms with van der Waals surface area (Å²) in [7, 11) is 0. The van der Waals surface area contributed by atoms with Gasteiger partial charge in [0.1, 0.15) is 0 Å². The van der Waals surface area contributed by atoms with Crippen molar-refractivity contribution in [3.8, 4) is 11.8 Å². The molecule has 0 saturated carbocycles. The Morgan fingerprint density at radius 3 is 2.48 bits per heavy atom. The van der Waals surface area contributed by atoms with Gasteiger partial charge in [-0.05, 0) is 19.1 Å². The predicted molar refractivity (Wildman–Crippen MR) is 86.8 cm³/mol. The Kier molecular flexibility index (Phi) is 3.80. The van der Waals surface area contributed by atoms with Crippen LogP contribution < -0.4 is 5.43 Å². The van der Waals surface area contributed by atoms with Crippen molar-refractivity contribution in [3.63, 3.8) is 0 Å². The van der Waals surface area contributed by atoms with Gasteiger partial charge in [-0.25, -0.2) is 4.39 Å². The highest BCUT2D eigenvalue weighted by atomic mass is 35.5. The van der Waals surface area contributed by atoms with E-state index < -0.39 is 11.2 Å². The minimum atomic E-state index is -0.720. The second kappa shape index (κ2) is 5.65. The highest BCUT2D eigenvalue weighted by Crippen LogP contribution is 2.33. The summed E-state index contributed by atoms with van der Waals surface area (Å²) in [5.74, 6) is -0.720. The molecule has 3 aromatic rings. The smallest absolute Gasteiger partial charge is 0.192 e. The van der Waals surface area contributed by atoms with Crippen LogP contribution in [-0.4, -0.2) is 9.55 Å². The van der Waals surface area contributed by atoms with Crippen LogP contribution >= 0.6 is 23.2 Å². The van der Waals surface area contributed by atoms with Gasteiger partial charge in [0.25, 0.3) is 0 Å². The van der Waals surface area contributed by atoms with Gasteiger partial charge in [0, 0.05) is 11.8 Å². The first-order valence-electron chi connectivity index (χ1n) is 6.49. The van der Waals surface area contributed by atoms with Gasteiger partial charge in [0.2, 0.25) is 0 Å². The quantitative estimate of drug-likeness (QED) is 0.668. The number of hydrogen-bond acceptors (Lipinski definition) is 3. The minimum absolute atomic E-state index is 0.0953. The average Bonchev–Trinajstić information content (AvgIpc) is 2.49. The lowest BCUT2D eigenvalue weighted by atomic mass is 10.1. The van der Waals surface area contributed by atoms with Crippen molar-refractivity contribution in [2.75, 3.05) is 0 Å². The van der Waals surface area contributed by atoms with E-state index >= 15 is 0 Å². The summed E-state index contributed by atoms with van der Waals surface area (Å²) in [4.78, 5) is 15.9. The molecule has 2 aromatic heterocycles. The number of rotatable bonds is 1. The lowest BCUT2D eigenvalue weighted by Gasteiger charge is -2.17. The predicted octanol–water partition coefficient (Wildman–Crippen LogP) is 4.01. The van der Waals surface area contributed by atoms with Crippen LogP contribution in [0.1, 0.15) is 11.3 Å². The molecular formula is C16H8Cl2FN3O. The van der Waals surface area contributed by atoms with Crippen LogP contribution in [0.4, 0.5) is 4.39 Å². The van der Waals surface area contributed by atoms with Gasteiger partial charge in [-0.3, -0.25) is 9.78 Å². The van der Waals surface area contributed by atoms with Gasteiger partial charge in [-0.15, -0.1) is 0 Å². The number of nitrogens with zero attached hydrogens (tertiary/aromatic N) is 3. The van der Waals surface area contributed by atoms with Gasteiger partial charge < -0.3 is 4.57 Å². The third kappa shape index (κ3) is 2.46. The maximum Gasteiger partial charge on any atom is 0.192 e. The molecule has 3 rings (SSSR count). The molecule has 0 spiro atoms. The summed E-state index contributed by atoms with van der Waals surface area (Å²) in [5, 5.41) is 9.31. The van der Waals surface area contributed by atoms with Crippen LogP contribution in [0.5, 0.6) is 0 Å². The molecule has 114 valence electrons. The topological polar surface area (TPSA) is 58.7 Å². The molecule has 0 bridgehead atoms. The van der Waals surface area contributed by atoms with Crippen LogP contribution in [-0.2, 0) is 0 Å². The fraction of sp³-hybridized carbons (Fsp3) is 0.0625. The van der Waals surface area contributed by atoms with Crippen LogP contribution in [0.15, 0.2) is 35.4 Å². The summed E-state index contributed by atoms with van der Waals surface area (Å²) in [6.45, 7) is 1.68. The zero-order valence-electron chi connectivity index (χ0n) is 11.8. The maximum atomic E-state index is 14.0. The number of fused-ring (bicyclic) bond motifs is 1. The molecule has 0 aliphatic rings. The Labute approximate surface area is 140 Å². The van der Waals surface area contributed by atoms with Crippen LogP contribution in [0.3, 0.4) is 0 Å². The molecule has 0 radical (unpaired) electrons. The van der Waals surface area contributed by atoms with Crippen molar-refractivity contribution in [3.05, 3.63) is 67.9 Å². The van der Waals surface area contributed by atoms with E-state index in [1.54, 1.807) is 11.5 Å². The Balaban J connectivity index is 2.50.